The molecule has 5 rings (SSSR count). The molecule has 0 aromatic carbocycles. The van der Waals surface area contributed by atoms with Crippen molar-refractivity contribution in [3.05, 3.63) is 23.8 Å². The summed E-state index contributed by atoms with van der Waals surface area (Å²) in [5.74, 6) is -0.603. The molecule has 6 heteroatoms. The summed E-state index contributed by atoms with van der Waals surface area (Å²) in [6.45, 7) is 7.34. The van der Waals surface area contributed by atoms with Crippen molar-refractivity contribution in [2.24, 2.45) is 34.5 Å². The first kappa shape index (κ1) is 20.1. The predicted octanol–water partition coefficient (Wildman–Crippen LogP) is 3.37. The smallest absolute Gasteiger partial charge is 0.303 e. The third kappa shape index (κ3) is 2.34. The molecule has 0 unspecified atom stereocenters. The number of ketones is 2. The molecule has 162 valence electrons. The van der Waals surface area contributed by atoms with Gasteiger partial charge in [-0.2, -0.15) is 0 Å². The number of hydrogen-bond donors (Lipinski definition) is 0. The summed E-state index contributed by atoms with van der Waals surface area (Å²) in [6.07, 6.45) is 5.52. The topological polar surface area (TPSA) is 73.0 Å². The van der Waals surface area contributed by atoms with Gasteiger partial charge in [-0.15, -0.1) is 0 Å². The van der Waals surface area contributed by atoms with Crippen LogP contribution in [-0.2, 0) is 23.9 Å². The molecule has 1 saturated heterocycles. The average molecular weight is 416 g/mol. The first-order valence-electron chi connectivity index (χ1n) is 11.0. The predicted molar refractivity (Wildman–Crippen MR) is 106 cm³/mol. The van der Waals surface area contributed by atoms with E-state index in [1.807, 2.05) is 13.0 Å². The van der Waals surface area contributed by atoms with Gasteiger partial charge in [-0.25, -0.2) is 4.39 Å². The van der Waals surface area contributed by atoms with Gasteiger partial charge in [0.15, 0.2) is 11.6 Å². The van der Waals surface area contributed by atoms with Crippen LogP contribution in [0.2, 0.25) is 0 Å². The molecule has 9 atom stereocenters. The van der Waals surface area contributed by atoms with E-state index in [2.05, 4.69) is 13.8 Å². The first-order valence-corrected chi connectivity index (χ1v) is 11.0. The minimum Gasteiger partial charge on any atom is -0.458 e. The van der Waals surface area contributed by atoms with E-state index in [4.69, 9.17) is 9.47 Å². The van der Waals surface area contributed by atoms with E-state index < -0.39 is 23.2 Å². The van der Waals surface area contributed by atoms with Crippen LogP contribution >= 0.6 is 0 Å². The third-order valence-electron chi connectivity index (χ3n) is 9.03. The molecule has 0 amide bonds. The maximum Gasteiger partial charge on any atom is 0.303 e. The summed E-state index contributed by atoms with van der Waals surface area (Å²) in [4.78, 5) is 36.2. The Bertz CT molecular complexity index is 907. The van der Waals surface area contributed by atoms with Crippen molar-refractivity contribution < 1.29 is 28.2 Å². The molecular weight excluding hydrogens is 387 g/mol. The quantitative estimate of drug-likeness (QED) is 0.521. The molecule has 4 fully saturated rings. The van der Waals surface area contributed by atoms with E-state index >= 15 is 4.39 Å². The molecule has 4 aliphatic carbocycles. The highest BCUT2D eigenvalue weighted by atomic mass is 19.1. The molecule has 1 aliphatic heterocycles. The lowest BCUT2D eigenvalue weighted by molar-refractivity contribution is -0.149. The lowest BCUT2D eigenvalue weighted by Crippen LogP contribution is -2.59. The number of hydrogen-bond acceptors (Lipinski definition) is 5. The van der Waals surface area contributed by atoms with Gasteiger partial charge in [0.05, 0.1) is 6.10 Å². The second-order valence-electron chi connectivity index (χ2n) is 10.5. The highest BCUT2D eigenvalue weighted by molar-refractivity contribution is 6.01. The Balaban J connectivity index is 1.51. The van der Waals surface area contributed by atoms with Crippen LogP contribution in [0.1, 0.15) is 47.0 Å². The van der Waals surface area contributed by atoms with Gasteiger partial charge < -0.3 is 9.47 Å². The van der Waals surface area contributed by atoms with E-state index in [0.29, 0.717) is 12.0 Å². The fourth-order valence-electron chi connectivity index (χ4n) is 7.95. The Morgan fingerprint density at radius 2 is 2.00 bits per heavy atom. The van der Waals surface area contributed by atoms with Gasteiger partial charge in [0.1, 0.15) is 18.4 Å². The van der Waals surface area contributed by atoms with Crippen LogP contribution in [0.15, 0.2) is 23.8 Å². The molecule has 0 radical (unpaired) electrons. The fraction of sp³-hybridized carbons (Fsp3) is 0.708. The van der Waals surface area contributed by atoms with E-state index in [1.165, 1.54) is 13.0 Å². The number of esters is 1. The van der Waals surface area contributed by atoms with Gasteiger partial charge in [-0.3, -0.25) is 14.4 Å². The van der Waals surface area contributed by atoms with Gasteiger partial charge in [0, 0.05) is 18.3 Å². The normalized spacial score (nSPS) is 50.6. The largest absolute Gasteiger partial charge is 0.458 e. The molecule has 0 bridgehead atoms. The fourth-order valence-corrected chi connectivity index (χ4v) is 7.95. The van der Waals surface area contributed by atoms with E-state index in [9.17, 15) is 14.4 Å². The van der Waals surface area contributed by atoms with Crippen LogP contribution < -0.4 is 0 Å². The van der Waals surface area contributed by atoms with Gasteiger partial charge in [-0.1, -0.05) is 19.9 Å². The molecule has 30 heavy (non-hydrogen) atoms. The Morgan fingerprint density at radius 1 is 1.27 bits per heavy atom. The van der Waals surface area contributed by atoms with Crippen LogP contribution in [0, 0.1) is 34.5 Å². The number of ether oxygens (including phenoxy) is 2. The van der Waals surface area contributed by atoms with Crippen molar-refractivity contribution in [1.29, 1.82) is 0 Å². The summed E-state index contributed by atoms with van der Waals surface area (Å²) in [5.41, 5.74) is -0.877. The first-order chi connectivity index (χ1) is 14.0. The molecule has 0 aromatic heterocycles. The molecule has 5 nitrogen and oxygen atoms in total. The zero-order valence-corrected chi connectivity index (χ0v) is 17.9. The van der Waals surface area contributed by atoms with Crippen molar-refractivity contribution >= 4 is 17.5 Å². The van der Waals surface area contributed by atoms with E-state index in [1.54, 1.807) is 6.08 Å². The van der Waals surface area contributed by atoms with Gasteiger partial charge >= 0.3 is 5.97 Å². The second kappa shape index (κ2) is 6.12. The summed E-state index contributed by atoms with van der Waals surface area (Å²) in [6, 6.07) is 0. The summed E-state index contributed by atoms with van der Waals surface area (Å²) >= 11 is 0. The van der Waals surface area contributed by atoms with E-state index in [0.717, 1.165) is 12.8 Å². The second-order valence-corrected chi connectivity index (χ2v) is 10.5. The Morgan fingerprint density at radius 3 is 2.70 bits per heavy atom. The molecule has 3 saturated carbocycles. The maximum atomic E-state index is 15.4. The molecule has 0 aromatic rings. The van der Waals surface area contributed by atoms with Crippen molar-refractivity contribution in [2.75, 3.05) is 6.61 Å². The number of rotatable bonds is 3. The Hall–Kier alpha value is -1.82. The van der Waals surface area contributed by atoms with Gasteiger partial charge in [0.2, 0.25) is 0 Å². The van der Waals surface area contributed by atoms with Crippen molar-refractivity contribution in [2.45, 2.75) is 64.8 Å². The number of carbonyl (C=O) groups excluding carboxylic acids is 3. The SMILES string of the molecule is CC(=O)OCC(=O)[C@@H]1[C@H](C)C[C@@H]2[C@@H]3C[C@H](F)C4=CC(=O)C=C[C@]4(C)[C@@]34O[C@H]4C[C@@]21C. The minimum absolute atomic E-state index is 0.00905. The number of alkyl halides is 1. The zero-order chi connectivity index (χ0) is 21.6. The van der Waals surface area contributed by atoms with Crippen molar-refractivity contribution in [1.82, 2.24) is 0 Å². The molecular formula is C24H29FO5. The minimum atomic E-state index is -1.18. The Labute approximate surface area is 176 Å². The monoisotopic (exact) mass is 416 g/mol. The molecule has 0 N–H and O–H groups in total. The summed E-state index contributed by atoms with van der Waals surface area (Å²) in [7, 11) is 0. The lowest BCUT2D eigenvalue weighted by Gasteiger charge is -2.55. The van der Waals surface area contributed by atoms with Crippen molar-refractivity contribution in [3.63, 3.8) is 0 Å². The van der Waals surface area contributed by atoms with Crippen LogP contribution in [0.5, 0.6) is 0 Å². The molecule has 5 aliphatic rings. The van der Waals surface area contributed by atoms with Gasteiger partial charge in [0.25, 0.3) is 0 Å². The number of epoxide rings is 1. The standard InChI is InChI=1S/C24H29FO5/c1-12-7-15-16-9-18(25)17-8-14(27)5-6-23(17,4)24(16)20(30-24)10-22(15,3)21(12)19(28)11-29-13(2)26/h5-6,8,12,15-16,18,20-21H,7,9-11H2,1-4H3/t12-,15-,16+,18+,20+,21+,22+,23+,24-/m1/s1. The molecule has 1 heterocycles. The average Bonchev–Trinajstić information content (AvgIpc) is 3.31. The lowest BCUT2D eigenvalue weighted by atomic mass is 9.47. The molecule has 1 spiro atoms. The van der Waals surface area contributed by atoms with Crippen LogP contribution in [0.4, 0.5) is 4.39 Å². The third-order valence-corrected chi connectivity index (χ3v) is 9.03. The highest BCUT2D eigenvalue weighted by Crippen LogP contribution is 2.76. The number of fused-ring (bicyclic) bond motifs is 3. The summed E-state index contributed by atoms with van der Waals surface area (Å²) in [5, 5.41) is 0. The number of carbonyl (C=O) groups is 3. The zero-order valence-electron chi connectivity index (χ0n) is 17.9. The highest BCUT2D eigenvalue weighted by Gasteiger charge is 2.80. The maximum absolute atomic E-state index is 15.4. The van der Waals surface area contributed by atoms with E-state index in [-0.39, 0.29) is 53.4 Å². The number of Topliss-reactive ketones (excluding diaryl/α,β-unsaturated/α-hetero) is 1. The van der Waals surface area contributed by atoms with Gasteiger partial charge in [-0.05, 0) is 67.1 Å². The number of halogens is 1. The van der Waals surface area contributed by atoms with Crippen molar-refractivity contribution in [3.8, 4) is 0 Å². The van der Waals surface area contributed by atoms with Crippen LogP contribution in [0.3, 0.4) is 0 Å². The summed E-state index contributed by atoms with van der Waals surface area (Å²) < 4.78 is 26.8. The van der Waals surface area contributed by atoms with Crippen LogP contribution in [0.25, 0.3) is 0 Å². The Kier molecular flexibility index (Phi) is 4.10. The van der Waals surface area contributed by atoms with Crippen LogP contribution in [-0.4, -0.2) is 42.0 Å². The number of allylic oxidation sites excluding steroid dienone is 2.